The fourth-order valence-electron chi connectivity index (χ4n) is 3.43. The van der Waals surface area contributed by atoms with Gasteiger partial charge in [0.05, 0.1) is 32.7 Å². The van der Waals surface area contributed by atoms with E-state index in [1.807, 2.05) is 43.0 Å². The number of allylic oxidation sites excluding steroid dienone is 1. The topological polar surface area (TPSA) is 18.5 Å². The van der Waals surface area contributed by atoms with Gasteiger partial charge in [-0.2, -0.15) is 0 Å². The lowest BCUT2D eigenvalue weighted by molar-refractivity contribution is 0.414. The maximum absolute atomic E-state index is 6.66. The van der Waals surface area contributed by atoms with Gasteiger partial charge in [-0.25, -0.2) is 0 Å². The van der Waals surface area contributed by atoms with Crippen LogP contribution >= 0.6 is 95.1 Å². The van der Waals surface area contributed by atoms with Crippen molar-refractivity contribution in [2.24, 2.45) is 0 Å². The van der Waals surface area contributed by atoms with E-state index in [4.69, 9.17) is 69.3 Å². The van der Waals surface area contributed by atoms with Crippen molar-refractivity contribution in [3.05, 3.63) is 62.6 Å². The van der Waals surface area contributed by atoms with Crippen LogP contribution in [0.3, 0.4) is 0 Å². The van der Waals surface area contributed by atoms with Gasteiger partial charge in [-0.1, -0.05) is 65.9 Å². The number of thiocarbonyl (C=S) groups is 3. The van der Waals surface area contributed by atoms with E-state index in [9.17, 15) is 0 Å². The van der Waals surface area contributed by atoms with E-state index in [1.54, 1.807) is 26.0 Å². The summed E-state index contributed by atoms with van der Waals surface area (Å²) in [5, 5.41) is 0.982. The Balaban J connectivity index is 2.73. The number of methoxy groups -OCH3 is 2. The second-order valence-electron chi connectivity index (χ2n) is 7.15. The van der Waals surface area contributed by atoms with Crippen LogP contribution in [0.5, 0.6) is 11.5 Å². The minimum absolute atomic E-state index is 0.491. The Labute approximate surface area is 247 Å². The highest BCUT2D eigenvalue weighted by Gasteiger charge is 2.20. The highest BCUT2D eigenvalue weighted by molar-refractivity contribution is 8.23. The van der Waals surface area contributed by atoms with Gasteiger partial charge < -0.3 is 9.47 Å². The van der Waals surface area contributed by atoms with Crippen molar-refractivity contribution < 1.29 is 9.47 Å². The predicted octanol–water partition coefficient (Wildman–Crippen LogP) is 9.38. The average molecular weight is 622 g/mol. The molecule has 0 heterocycles. The van der Waals surface area contributed by atoms with Crippen LogP contribution in [0.25, 0.3) is 5.57 Å². The molecular formula is C25H26Cl2O2S6. The van der Waals surface area contributed by atoms with Crippen LogP contribution in [0.4, 0.5) is 0 Å². The molecule has 0 unspecified atom stereocenters. The van der Waals surface area contributed by atoms with Gasteiger partial charge in [0, 0.05) is 15.3 Å². The molecule has 0 aliphatic heterocycles. The monoisotopic (exact) mass is 620 g/mol. The summed E-state index contributed by atoms with van der Waals surface area (Å²) in [6.07, 6.45) is 10.7. The molecule has 0 aliphatic carbocycles. The van der Waals surface area contributed by atoms with Crippen LogP contribution in [0.1, 0.15) is 41.5 Å². The Morgan fingerprint density at radius 3 is 1.63 bits per heavy atom. The molecule has 2 aromatic carbocycles. The molecule has 0 spiro atoms. The van der Waals surface area contributed by atoms with E-state index in [-0.39, 0.29) is 0 Å². The molecule has 2 rings (SSSR count). The summed E-state index contributed by atoms with van der Waals surface area (Å²) >= 11 is 34.5. The number of unbranched alkanes of at least 4 members (excludes halogenated alkanes) is 1. The van der Waals surface area contributed by atoms with E-state index >= 15 is 0 Å². The molecule has 0 aromatic heterocycles. The predicted molar refractivity (Wildman–Crippen MR) is 173 cm³/mol. The highest BCUT2D eigenvalue weighted by Crippen LogP contribution is 2.40. The summed E-state index contributed by atoms with van der Waals surface area (Å²) in [6, 6.07) is 7.84. The minimum Gasteiger partial charge on any atom is -0.494 e. The average Bonchev–Trinajstić information content (AvgIpc) is 2.86. The summed E-state index contributed by atoms with van der Waals surface area (Å²) in [5.74, 6) is 1.13. The van der Waals surface area contributed by atoms with Crippen molar-refractivity contribution in [2.45, 2.75) is 19.3 Å². The third kappa shape index (κ3) is 8.08. The normalized spacial score (nSPS) is 10.6. The Hall–Kier alpha value is -0.320. The highest BCUT2D eigenvalue weighted by atomic mass is 35.5. The van der Waals surface area contributed by atoms with Crippen molar-refractivity contribution in [3.8, 4) is 11.5 Å². The molecule has 0 aliphatic rings. The molecule has 0 radical (unpaired) electrons. The molecule has 2 aromatic rings. The van der Waals surface area contributed by atoms with E-state index in [1.165, 1.54) is 23.5 Å². The molecule has 0 fully saturated rings. The molecule has 35 heavy (non-hydrogen) atoms. The number of hydrogen-bond acceptors (Lipinski definition) is 8. The van der Waals surface area contributed by atoms with E-state index in [2.05, 4.69) is 6.08 Å². The molecule has 0 amide bonds. The summed E-state index contributed by atoms with van der Waals surface area (Å²) < 4.78 is 13.5. The first-order valence-corrected chi connectivity index (χ1v) is 16.1. The van der Waals surface area contributed by atoms with Crippen LogP contribution in [-0.4, -0.2) is 45.6 Å². The van der Waals surface area contributed by atoms with Gasteiger partial charge in [-0.05, 0) is 79.0 Å². The zero-order valence-electron chi connectivity index (χ0n) is 20.0. The van der Waals surface area contributed by atoms with Gasteiger partial charge in [0.1, 0.15) is 11.5 Å². The Kier molecular flexibility index (Phi) is 13.4. The molecule has 10 heteroatoms. The molecule has 0 saturated heterocycles. The van der Waals surface area contributed by atoms with Gasteiger partial charge in [0.15, 0.2) is 0 Å². The molecule has 0 bridgehead atoms. The van der Waals surface area contributed by atoms with Crippen molar-refractivity contribution in [1.29, 1.82) is 0 Å². The Morgan fingerprint density at radius 2 is 1.26 bits per heavy atom. The van der Waals surface area contributed by atoms with Crippen molar-refractivity contribution in [3.63, 3.8) is 0 Å². The molecular weight excluding hydrogens is 596 g/mol. The maximum atomic E-state index is 6.66. The fourth-order valence-corrected chi connectivity index (χ4v) is 5.57. The third-order valence-corrected chi connectivity index (χ3v) is 9.64. The van der Waals surface area contributed by atoms with Gasteiger partial charge >= 0.3 is 0 Å². The smallest absolute Gasteiger partial charge is 0.146 e. The zero-order valence-corrected chi connectivity index (χ0v) is 26.4. The molecule has 0 atom stereocenters. The molecule has 0 N–H and O–H groups in total. The number of ether oxygens (including phenoxy) is 2. The third-order valence-electron chi connectivity index (χ3n) is 5.09. The number of benzene rings is 2. The van der Waals surface area contributed by atoms with E-state index in [0.29, 0.717) is 29.9 Å². The number of halogens is 2. The zero-order chi connectivity index (χ0) is 26.1. The Bertz CT molecular complexity index is 1070. The molecule has 2 nitrogen and oxygen atoms in total. The van der Waals surface area contributed by atoms with Crippen LogP contribution in [-0.2, 0) is 0 Å². The van der Waals surface area contributed by atoms with Gasteiger partial charge in [0.25, 0.3) is 0 Å². The quantitative estimate of drug-likeness (QED) is 0.191. The largest absolute Gasteiger partial charge is 0.494 e. The summed E-state index contributed by atoms with van der Waals surface area (Å²) in [5.41, 5.74) is 4.37. The first-order chi connectivity index (χ1) is 16.7. The fraction of sp³-hybridized carbons (Fsp3) is 0.320. The van der Waals surface area contributed by atoms with Crippen LogP contribution in [0, 0.1) is 0 Å². The lowest BCUT2D eigenvalue weighted by Gasteiger charge is -2.18. The second-order valence-corrected chi connectivity index (χ2v) is 12.6. The summed E-state index contributed by atoms with van der Waals surface area (Å²) in [4.78, 5) is 0. The second kappa shape index (κ2) is 15.2. The minimum atomic E-state index is 0.491. The van der Waals surface area contributed by atoms with E-state index < -0.39 is 0 Å². The van der Waals surface area contributed by atoms with Crippen molar-refractivity contribution >= 4 is 113 Å². The van der Waals surface area contributed by atoms with Crippen LogP contribution in [0.2, 0.25) is 10.0 Å². The molecule has 188 valence electrons. The van der Waals surface area contributed by atoms with Crippen LogP contribution < -0.4 is 9.47 Å². The lowest BCUT2D eigenvalue weighted by atomic mass is 9.93. The standard InChI is InChI=1S/C25H26Cl2O2S6/c1-28-22-17(24(31)34-4)10-14(12-19(22)26)16(8-6-7-9-21(30)33-3)15-11-18(25(32)35-5)23(29-2)20(27)13-15/h8,10-13H,6-7,9H2,1-5H3. The summed E-state index contributed by atoms with van der Waals surface area (Å²) in [7, 11) is 3.19. The summed E-state index contributed by atoms with van der Waals surface area (Å²) in [6.45, 7) is 0. The van der Waals surface area contributed by atoms with Crippen molar-refractivity contribution in [2.75, 3.05) is 33.0 Å². The Morgan fingerprint density at radius 1 is 0.800 bits per heavy atom. The first-order valence-electron chi connectivity index (χ1n) is 10.4. The first kappa shape index (κ1) is 30.9. The van der Waals surface area contributed by atoms with E-state index in [0.717, 1.165) is 51.3 Å². The number of thioether (sulfide) groups is 3. The van der Waals surface area contributed by atoms with Crippen LogP contribution in [0.15, 0.2) is 30.3 Å². The van der Waals surface area contributed by atoms with Gasteiger partial charge in [-0.15, -0.1) is 35.3 Å². The van der Waals surface area contributed by atoms with Crippen molar-refractivity contribution in [1.82, 2.24) is 0 Å². The SMILES string of the molecule is COc1c(Cl)cc(C(=CCCCC(=S)SC)c2cc(Cl)c(OC)c(C(=S)SC)c2)cc1C(=S)SC. The number of rotatable bonds is 10. The van der Waals surface area contributed by atoms with Gasteiger partial charge in [0.2, 0.25) is 0 Å². The van der Waals surface area contributed by atoms with Gasteiger partial charge in [-0.3, -0.25) is 0 Å². The maximum Gasteiger partial charge on any atom is 0.146 e. The molecule has 0 saturated carbocycles. The lowest BCUT2D eigenvalue weighted by Crippen LogP contribution is -2.02. The number of hydrogen-bond donors (Lipinski definition) is 0.